The Hall–Kier alpha value is -1.75. The molecule has 1 aromatic rings. The molecule has 0 bridgehead atoms. The highest BCUT2D eigenvalue weighted by Gasteiger charge is 2.20. The molecule has 1 aliphatic heterocycles. The average Bonchev–Trinajstić information content (AvgIpc) is 2.47. The number of aromatic carboxylic acids is 1. The Labute approximate surface area is 118 Å². The van der Waals surface area contributed by atoms with E-state index >= 15 is 0 Å². The standard InChI is InChI=1S/C15H21NO4/c1-19-13-9-14(20-2)12(15(17)18)8-11(13)7-10-3-5-16-6-4-10/h8-10,16H,3-7H2,1-2H3,(H,17,18). The van der Waals surface area contributed by atoms with Gasteiger partial charge < -0.3 is 19.9 Å². The lowest BCUT2D eigenvalue weighted by Crippen LogP contribution is -2.28. The van der Waals surface area contributed by atoms with Gasteiger partial charge in [0.15, 0.2) is 0 Å². The molecule has 0 aromatic heterocycles. The number of rotatable bonds is 5. The van der Waals surface area contributed by atoms with Crippen molar-refractivity contribution in [3.63, 3.8) is 0 Å². The van der Waals surface area contributed by atoms with Crippen LogP contribution >= 0.6 is 0 Å². The minimum Gasteiger partial charge on any atom is -0.496 e. The highest BCUT2D eigenvalue weighted by Crippen LogP contribution is 2.32. The zero-order valence-electron chi connectivity index (χ0n) is 11.9. The molecule has 0 radical (unpaired) electrons. The summed E-state index contributed by atoms with van der Waals surface area (Å²) in [7, 11) is 3.06. The Morgan fingerprint density at radius 3 is 2.45 bits per heavy atom. The van der Waals surface area contributed by atoms with E-state index in [1.807, 2.05) is 0 Å². The third-order valence-electron chi connectivity index (χ3n) is 3.80. The molecule has 5 heteroatoms. The molecule has 2 N–H and O–H groups in total. The fraction of sp³-hybridized carbons (Fsp3) is 0.533. The topological polar surface area (TPSA) is 67.8 Å². The van der Waals surface area contributed by atoms with Gasteiger partial charge in [-0.25, -0.2) is 4.79 Å². The number of hydrogen-bond donors (Lipinski definition) is 2. The minimum atomic E-state index is -0.976. The molecule has 0 amide bonds. The zero-order chi connectivity index (χ0) is 14.5. The normalized spacial score (nSPS) is 15.9. The maximum absolute atomic E-state index is 11.3. The van der Waals surface area contributed by atoms with E-state index in [1.165, 1.54) is 7.11 Å². The number of nitrogens with one attached hydrogen (secondary N) is 1. The van der Waals surface area contributed by atoms with Crippen molar-refractivity contribution in [3.8, 4) is 11.5 Å². The van der Waals surface area contributed by atoms with Crippen LogP contribution in [0.2, 0.25) is 0 Å². The van der Waals surface area contributed by atoms with E-state index in [1.54, 1.807) is 19.2 Å². The van der Waals surface area contributed by atoms with Crippen molar-refractivity contribution in [1.29, 1.82) is 0 Å². The molecule has 0 aliphatic carbocycles. The molecule has 0 spiro atoms. The van der Waals surface area contributed by atoms with E-state index in [-0.39, 0.29) is 5.56 Å². The van der Waals surface area contributed by atoms with Crippen LogP contribution in [0.5, 0.6) is 11.5 Å². The lowest BCUT2D eigenvalue weighted by Gasteiger charge is -2.23. The quantitative estimate of drug-likeness (QED) is 0.862. The summed E-state index contributed by atoms with van der Waals surface area (Å²) >= 11 is 0. The summed E-state index contributed by atoms with van der Waals surface area (Å²) in [4.78, 5) is 11.3. The zero-order valence-corrected chi connectivity index (χ0v) is 11.9. The molecule has 1 aromatic carbocycles. The van der Waals surface area contributed by atoms with Crippen LogP contribution in [0.25, 0.3) is 0 Å². The second kappa shape index (κ2) is 6.61. The van der Waals surface area contributed by atoms with E-state index in [9.17, 15) is 9.90 Å². The van der Waals surface area contributed by atoms with Crippen molar-refractivity contribution >= 4 is 5.97 Å². The van der Waals surface area contributed by atoms with Crippen LogP contribution in [0.1, 0.15) is 28.8 Å². The summed E-state index contributed by atoms with van der Waals surface area (Å²) in [5, 5.41) is 12.6. The molecule has 1 heterocycles. The average molecular weight is 279 g/mol. The number of piperidine rings is 1. The smallest absolute Gasteiger partial charge is 0.339 e. The van der Waals surface area contributed by atoms with Gasteiger partial charge in [-0.05, 0) is 49.9 Å². The first-order chi connectivity index (χ1) is 9.65. The number of ether oxygens (including phenoxy) is 2. The third kappa shape index (κ3) is 3.22. The molecular formula is C15H21NO4. The molecule has 1 aliphatic rings. The number of hydrogen-bond acceptors (Lipinski definition) is 4. The maximum Gasteiger partial charge on any atom is 0.339 e. The molecule has 5 nitrogen and oxygen atoms in total. The summed E-state index contributed by atoms with van der Waals surface area (Å²) in [6, 6.07) is 3.35. The lowest BCUT2D eigenvalue weighted by atomic mass is 9.90. The van der Waals surface area contributed by atoms with Crippen LogP contribution in [0.3, 0.4) is 0 Å². The van der Waals surface area contributed by atoms with Crippen LogP contribution in [0.4, 0.5) is 0 Å². The molecule has 1 saturated heterocycles. The Morgan fingerprint density at radius 2 is 1.90 bits per heavy atom. The summed E-state index contributed by atoms with van der Waals surface area (Å²) in [6.07, 6.45) is 3.06. The van der Waals surface area contributed by atoms with Gasteiger partial charge in [0.1, 0.15) is 17.1 Å². The second-order valence-corrected chi connectivity index (χ2v) is 5.07. The first-order valence-corrected chi connectivity index (χ1v) is 6.84. The van der Waals surface area contributed by atoms with Crippen molar-refractivity contribution in [2.45, 2.75) is 19.3 Å². The molecule has 20 heavy (non-hydrogen) atoms. The predicted octanol–water partition coefficient (Wildman–Crippen LogP) is 1.94. The predicted molar refractivity (Wildman–Crippen MR) is 75.8 cm³/mol. The Balaban J connectivity index is 2.29. The number of benzene rings is 1. The van der Waals surface area contributed by atoms with Crippen molar-refractivity contribution in [2.24, 2.45) is 5.92 Å². The number of carboxylic acids is 1. The lowest BCUT2D eigenvalue weighted by molar-refractivity contribution is 0.0693. The van der Waals surface area contributed by atoms with Gasteiger partial charge in [-0.3, -0.25) is 0 Å². The van der Waals surface area contributed by atoms with Gasteiger partial charge in [0.05, 0.1) is 14.2 Å². The van der Waals surface area contributed by atoms with Crippen LogP contribution in [0, 0.1) is 5.92 Å². The Bertz CT molecular complexity index is 481. The first kappa shape index (κ1) is 14.7. The number of carbonyl (C=O) groups is 1. The minimum absolute atomic E-state index is 0.192. The monoisotopic (exact) mass is 279 g/mol. The van der Waals surface area contributed by atoms with Crippen LogP contribution in [0.15, 0.2) is 12.1 Å². The number of carboxylic acid groups (broad SMARTS) is 1. The van der Waals surface area contributed by atoms with E-state index in [2.05, 4.69) is 5.32 Å². The van der Waals surface area contributed by atoms with Crippen molar-refractivity contribution in [2.75, 3.05) is 27.3 Å². The van der Waals surface area contributed by atoms with Gasteiger partial charge in [-0.1, -0.05) is 0 Å². The van der Waals surface area contributed by atoms with Crippen molar-refractivity contribution in [3.05, 3.63) is 23.3 Å². The molecule has 0 saturated carbocycles. The Morgan fingerprint density at radius 1 is 1.25 bits per heavy atom. The van der Waals surface area contributed by atoms with Gasteiger partial charge in [0, 0.05) is 6.07 Å². The largest absolute Gasteiger partial charge is 0.496 e. The fourth-order valence-corrected chi connectivity index (χ4v) is 2.69. The third-order valence-corrected chi connectivity index (χ3v) is 3.80. The highest BCUT2D eigenvalue weighted by molar-refractivity contribution is 5.91. The summed E-state index contributed by atoms with van der Waals surface area (Å²) < 4.78 is 10.5. The molecule has 1 fully saturated rings. The van der Waals surface area contributed by atoms with Crippen molar-refractivity contribution in [1.82, 2.24) is 5.32 Å². The first-order valence-electron chi connectivity index (χ1n) is 6.84. The van der Waals surface area contributed by atoms with Gasteiger partial charge in [0.25, 0.3) is 0 Å². The van der Waals surface area contributed by atoms with Gasteiger partial charge in [0.2, 0.25) is 0 Å². The second-order valence-electron chi connectivity index (χ2n) is 5.07. The van der Waals surface area contributed by atoms with Crippen molar-refractivity contribution < 1.29 is 19.4 Å². The molecular weight excluding hydrogens is 258 g/mol. The summed E-state index contributed by atoms with van der Waals surface area (Å²) in [5.74, 6) is 0.630. The van der Waals surface area contributed by atoms with Gasteiger partial charge in [-0.15, -0.1) is 0 Å². The van der Waals surface area contributed by atoms with E-state index < -0.39 is 5.97 Å². The van der Waals surface area contributed by atoms with E-state index in [0.29, 0.717) is 17.4 Å². The van der Waals surface area contributed by atoms with Crippen LogP contribution < -0.4 is 14.8 Å². The molecule has 0 unspecified atom stereocenters. The van der Waals surface area contributed by atoms with E-state index in [0.717, 1.165) is 37.9 Å². The Kier molecular flexibility index (Phi) is 4.84. The SMILES string of the molecule is COc1cc(OC)c(C(=O)O)cc1CC1CCNCC1. The summed E-state index contributed by atoms with van der Waals surface area (Å²) in [6.45, 7) is 2.05. The highest BCUT2D eigenvalue weighted by atomic mass is 16.5. The molecule has 2 rings (SSSR count). The molecule has 110 valence electrons. The summed E-state index contributed by atoms with van der Waals surface area (Å²) in [5.41, 5.74) is 1.13. The molecule has 0 atom stereocenters. The van der Waals surface area contributed by atoms with Gasteiger partial charge in [-0.2, -0.15) is 0 Å². The van der Waals surface area contributed by atoms with Crippen LogP contribution in [-0.2, 0) is 6.42 Å². The van der Waals surface area contributed by atoms with E-state index in [4.69, 9.17) is 9.47 Å². The van der Waals surface area contributed by atoms with Gasteiger partial charge >= 0.3 is 5.97 Å². The maximum atomic E-state index is 11.3. The van der Waals surface area contributed by atoms with Crippen LogP contribution in [-0.4, -0.2) is 38.4 Å². The fourth-order valence-electron chi connectivity index (χ4n) is 2.69. The number of methoxy groups -OCH3 is 2.